The molecule has 0 unspecified atom stereocenters. The fourth-order valence-corrected chi connectivity index (χ4v) is 0.897. The van der Waals surface area contributed by atoms with E-state index < -0.39 is 0 Å². The fourth-order valence-electron chi connectivity index (χ4n) is 0.897. The number of carbonyl (C=O) groups is 1. The maximum Gasteiger partial charge on any atom is 0.155 e. The largest absolute Gasteiger partial charge is 0.295 e. The summed E-state index contributed by atoms with van der Waals surface area (Å²) in [5.74, 6) is 0.167. The molecule has 0 amide bonds. The van der Waals surface area contributed by atoms with E-state index in [4.69, 9.17) is 5.26 Å². The number of nitriles is 1. The van der Waals surface area contributed by atoms with Crippen molar-refractivity contribution in [1.29, 1.82) is 5.26 Å². The second kappa shape index (κ2) is 2.45. The lowest BCUT2D eigenvalue weighted by molar-refractivity contribution is -0.114. The number of hydrogen-bond acceptors (Lipinski definition) is 2. The molecule has 0 N–H and O–H groups in total. The minimum atomic E-state index is 0.167. The molecule has 0 atom stereocenters. The number of ketones is 1. The maximum absolute atomic E-state index is 10.5. The van der Waals surface area contributed by atoms with Gasteiger partial charge in [-0.25, -0.2) is 0 Å². The molecule has 0 heterocycles. The lowest BCUT2D eigenvalue weighted by Gasteiger charge is -1.85. The molecule has 0 aromatic heterocycles. The monoisotopic (exact) mass is 121 g/mol. The van der Waals surface area contributed by atoms with Gasteiger partial charge in [0.05, 0.1) is 12.5 Å². The molecule has 0 radical (unpaired) electrons. The highest BCUT2D eigenvalue weighted by Gasteiger charge is 2.10. The first-order valence-electron chi connectivity index (χ1n) is 2.92. The van der Waals surface area contributed by atoms with Gasteiger partial charge in [-0.05, 0) is 12.5 Å². The predicted molar refractivity (Wildman–Crippen MR) is 32.6 cm³/mol. The third-order valence-electron chi connectivity index (χ3n) is 1.36. The van der Waals surface area contributed by atoms with Crippen molar-refractivity contribution in [1.82, 2.24) is 0 Å². The minimum absolute atomic E-state index is 0.167. The summed E-state index contributed by atoms with van der Waals surface area (Å²) in [5, 5.41) is 8.21. The number of nitrogens with zero attached hydrogens (tertiary/aromatic N) is 1. The van der Waals surface area contributed by atoms with Crippen molar-refractivity contribution in [3.8, 4) is 6.07 Å². The van der Waals surface area contributed by atoms with Crippen LogP contribution in [0.1, 0.15) is 19.3 Å². The molecule has 1 aliphatic rings. The van der Waals surface area contributed by atoms with Crippen LogP contribution in [0.3, 0.4) is 0 Å². The highest BCUT2D eigenvalue weighted by Crippen LogP contribution is 2.16. The van der Waals surface area contributed by atoms with Gasteiger partial charge in [0.2, 0.25) is 0 Å². The maximum atomic E-state index is 10.5. The van der Waals surface area contributed by atoms with E-state index in [1.165, 1.54) is 0 Å². The molecule has 9 heavy (non-hydrogen) atoms. The van der Waals surface area contributed by atoms with Crippen LogP contribution >= 0.6 is 0 Å². The van der Waals surface area contributed by atoms with Crippen molar-refractivity contribution >= 4 is 5.78 Å². The van der Waals surface area contributed by atoms with Crippen LogP contribution in [0.25, 0.3) is 0 Å². The predicted octanol–water partition coefficient (Wildman–Crippen LogP) is 1.19. The van der Waals surface area contributed by atoms with Gasteiger partial charge in [-0.1, -0.05) is 5.57 Å². The van der Waals surface area contributed by atoms with E-state index in [1.54, 1.807) is 6.08 Å². The Morgan fingerprint density at radius 3 is 2.89 bits per heavy atom. The molecule has 1 rings (SSSR count). The van der Waals surface area contributed by atoms with Gasteiger partial charge in [0, 0.05) is 6.42 Å². The average Bonchev–Trinajstić information content (AvgIpc) is 2.17. The average molecular weight is 121 g/mol. The summed E-state index contributed by atoms with van der Waals surface area (Å²) in [6, 6.07) is 2.01. The molecular weight excluding hydrogens is 114 g/mol. The van der Waals surface area contributed by atoms with Crippen LogP contribution in [-0.2, 0) is 4.79 Å². The molecule has 46 valence electrons. The molecule has 2 nitrogen and oxygen atoms in total. The van der Waals surface area contributed by atoms with Crippen LogP contribution in [0.5, 0.6) is 0 Å². The van der Waals surface area contributed by atoms with Crippen LogP contribution < -0.4 is 0 Å². The lowest BCUT2D eigenvalue weighted by atomic mass is 10.2. The Morgan fingerprint density at radius 2 is 2.44 bits per heavy atom. The Kier molecular flexibility index (Phi) is 1.64. The summed E-state index contributed by atoms with van der Waals surface area (Å²) >= 11 is 0. The van der Waals surface area contributed by atoms with Gasteiger partial charge in [0.15, 0.2) is 5.78 Å². The first-order chi connectivity index (χ1) is 4.33. The van der Waals surface area contributed by atoms with Gasteiger partial charge in [-0.3, -0.25) is 4.79 Å². The lowest BCUT2D eigenvalue weighted by Crippen LogP contribution is -1.80. The van der Waals surface area contributed by atoms with E-state index in [0.29, 0.717) is 12.8 Å². The first kappa shape index (κ1) is 6.03. The summed E-state index contributed by atoms with van der Waals surface area (Å²) in [6.45, 7) is 0. The summed E-state index contributed by atoms with van der Waals surface area (Å²) in [4.78, 5) is 10.5. The highest BCUT2D eigenvalue weighted by molar-refractivity contribution is 5.92. The number of allylic oxidation sites excluding steroid dienone is 2. The molecule has 0 aromatic rings. The summed E-state index contributed by atoms with van der Waals surface area (Å²) < 4.78 is 0. The van der Waals surface area contributed by atoms with E-state index in [1.807, 2.05) is 6.07 Å². The zero-order valence-electron chi connectivity index (χ0n) is 5.05. The van der Waals surface area contributed by atoms with Gasteiger partial charge in [0.1, 0.15) is 0 Å². The van der Waals surface area contributed by atoms with E-state index in [-0.39, 0.29) is 5.78 Å². The highest BCUT2D eigenvalue weighted by atomic mass is 16.1. The van der Waals surface area contributed by atoms with E-state index in [2.05, 4.69) is 0 Å². The molecular formula is C7H7NO. The third kappa shape index (κ3) is 1.39. The standard InChI is InChI=1S/C7H7NO/c8-4-3-6-1-2-7(9)5-6/h5H,1-3H2. The molecule has 0 aliphatic heterocycles. The van der Waals surface area contributed by atoms with Crippen molar-refractivity contribution < 1.29 is 4.79 Å². The van der Waals surface area contributed by atoms with E-state index in [9.17, 15) is 4.79 Å². The quantitative estimate of drug-likeness (QED) is 0.522. The Morgan fingerprint density at radius 1 is 1.67 bits per heavy atom. The number of hydrogen-bond donors (Lipinski definition) is 0. The van der Waals surface area contributed by atoms with Crippen molar-refractivity contribution in [2.45, 2.75) is 19.3 Å². The van der Waals surface area contributed by atoms with E-state index in [0.717, 1.165) is 12.0 Å². The smallest absolute Gasteiger partial charge is 0.155 e. The minimum Gasteiger partial charge on any atom is -0.295 e. The normalized spacial score (nSPS) is 17.2. The van der Waals surface area contributed by atoms with Gasteiger partial charge in [-0.2, -0.15) is 5.26 Å². The SMILES string of the molecule is N#CCC1=CC(=O)CC1. The third-order valence-corrected chi connectivity index (χ3v) is 1.36. The molecule has 0 saturated carbocycles. The van der Waals surface area contributed by atoms with Crippen LogP contribution in [0.2, 0.25) is 0 Å². The second-order valence-electron chi connectivity index (χ2n) is 2.10. The molecule has 0 spiro atoms. The topological polar surface area (TPSA) is 40.9 Å². The second-order valence-corrected chi connectivity index (χ2v) is 2.10. The Bertz CT molecular complexity index is 197. The van der Waals surface area contributed by atoms with Crippen molar-refractivity contribution in [3.63, 3.8) is 0 Å². The van der Waals surface area contributed by atoms with E-state index >= 15 is 0 Å². The Balaban J connectivity index is 2.54. The zero-order valence-corrected chi connectivity index (χ0v) is 5.05. The van der Waals surface area contributed by atoms with Crippen molar-refractivity contribution in [2.24, 2.45) is 0 Å². The van der Waals surface area contributed by atoms with Crippen molar-refractivity contribution in [3.05, 3.63) is 11.6 Å². The fraction of sp³-hybridized carbons (Fsp3) is 0.429. The number of rotatable bonds is 1. The molecule has 0 bridgehead atoms. The summed E-state index contributed by atoms with van der Waals surface area (Å²) in [7, 11) is 0. The first-order valence-corrected chi connectivity index (χ1v) is 2.92. The van der Waals surface area contributed by atoms with Gasteiger partial charge in [-0.15, -0.1) is 0 Å². The molecule has 1 aliphatic carbocycles. The van der Waals surface area contributed by atoms with Crippen LogP contribution in [-0.4, -0.2) is 5.78 Å². The summed E-state index contributed by atoms with van der Waals surface area (Å²) in [6.07, 6.45) is 3.42. The van der Waals surface area contributed by atoms with Crippen LogP contribution in [0.15, 0.2) is 11.6 Å². The molecule has 0 fully saturated rings. The molecule has 0 aromatic carbocycles. The molecule has 0 saturated heterocycles. The van der Waals surface area contributed by atoms with Crippen molar-refractivity contribution in [2.75, 3.05) is 0 Å². The van der Waals surface area contributed by atoms with Crippen LogP contribution in [0.4, 0.5) is 0 Å². The Hall–Kier alpha value is -1.10. The van der Waals surface area contributed by atoms with Gasteiger partial charge < -0.3 is 0 Å². The number of carbonyl (C=O) groups excluding carboxylic acids is 1. The molecule has 2 heteroatoms. The van der Waals surface area contributed by atoms with Gasteiger partial charge >= 0.3 is 0 Å². The van der Waals surface area contributed by atoms with Gasteiger partial charge in [0.25, 0.3) is 0 Å². The zero-order chi connectivity index (χ0) is 6.69. The van der Waals surface area contributed by atoms with Crippen LogP contribution in [0, 0.1) is 11.3 Å². The summed E-state index contributed by atoms with van der Waals surface area (Å²) in [5.41, 5.74) is 0.988. The Labute approximate surface area is 53.8 Å².